The van der Waals surface area contributed by atoms with Gasteiger partial charge in [-0.25, -0.2) is 29.1 Å². The van der Waals surface area contributed by atoms with Gasteiger partial charge in [0.1, 0.15) is 11.8 Å². The Morgan fingerprint density at radius 2 is 2.13 bits per heavy atom. The van der Waals surface area contributed by atoms with Crippen LogP contribution in [0.1, 0.15) is 10.6 Å². The van der Waals surface area contributed by atoms with E-state index < -0.39 is 17.8 Å². The molecule has 2 rings (SSSR count). The molecule has 2 aromatic heterocycles. The summed E-state index contributed by atoms with van der Waals surface area (Å²) in [7, 11) is 0. The van der Waals surface area contributed by atoms with Crippen molar-refractivity contribution in [2.75, 3.05) is 0 Å². The van der Waals surface area contributed by atoms with Crippen LogP contribution in [0.15, 0.2) is 12.5 Å². The van der Waals surface area contributed by atoms with Crippen molar-refractivity contribution in [3.63, 3.8) is 0 Å². The summed E-state index contributed by atoms with van der Waals surface area (Å²) in [5.41, 5.74) is 5.41. The Bertz CT molecular complexity index is 561. The lowest BCUT2D eigenvalue weighted by Gasteiger charge is -1.96. The van der Waals surface area contributed by atoms with Crippen LogP contribution >= 0.6 is 0 Å². The SMILES string of the molecule is NC(=O)n1cnc2cnc(C(=O)O)nc21. The van der Waals surface area contributed by atoms with Crippen LogP contribution in [0.2, 0.25) is 0 Å². The number of aromatic nitrogens is 4. The summed E-state index contributed by atoms with van der Waals surface area (Å²) in [5.74, 6) is -1.69. The summed E-state index contributed by atoms with van der Waals surface area (Å²) in [4.78, 5) is 32.4. The fourth-order valence-corrected chi connectivity index (χ4v) is 1.07. The quantitative estimate of drug-likeness (QED) is 0.646. The van der Waals surface area contributed by atoms with Gasteiger partial charge in [0, 0.05) is 0 Å². The number of amides is 1. The van der Waals surface area contributed by atoms with Gasteiger partial charge in [0.05, 0.1) is 6.20 Å². The van der Waals surface area contributed by atoms with Gasteiger partial charge in [-0.3, -0.25) is 0 Å². The van der Waals surface area contributed by atoms with Crippen molar-refractivity contribution in [1.82, 2.24) is 19.5 Å². The van der Waals surface area contributed by atoms with E-state index in [1.165, 1.54) is 6.20 Å². The number of aromatic carboxylic acids is 1. The highest BCUT2D eigenvalue weighted by atomic mass is 16.4. The van der Waals surface area contributed by atoms with Crippen molar-refractivity contribution in [3.05, 3.63) is 18.3 Å². The fourth-order valence-electron chi connectivity index (χ4n) is 1.07. The minimum absolute atomic E-state index is 0.0786. The summed E-state index contributed by atoms with van der Waals surface area (Å²) in [5, 5.41) is 8.64. The van der Waals surface area contributed by atoms with Crippen molar-refractivity contribution < 1.29 is 14.7 Å². The molecule has 0 unspecified atom stereocenters. The molecule has 0 aromatic carbocycles. The van der Waals surface area contributed by atoms with E-state index in [9.17, 15) is 9.59 Å². The lowest BCUT2D eigenvalue weighted by Crippen LogP contribution is -2.19. The molecular formula is C7H5N5O3. The van der Waals surface area contributed by atoms with Crippen LogP contribution in [0.5, 0.6) is 0 Å². The Hall–Kier alpha value is -2.51. The molecule has 1 amide bonds. The van der Waals surface area contributed by atoms with E-state index in [1.807, 2.05) is 0 Å². The molecule has 0 aliphatic rings. The third-order valence-corrected chi connectivity index (χ3v) is 1.72. The van der Waals surface area contributed by atoms with Crippen LogP contribution in [0, 0.1) is 0 Å². The number of carboxylic acid groups (broad SMARTS) is 1. The van der Waals surface area contributed by atoms with Crippen molar-refractivity contribution in [2.24, 2.45) is 5.73 Å². The summed E-state index contributed by atoms with van der Waals surface area (Å²) >= 11 is 0. The second kappa shape index (κ2) is 3.01. The predicted octanol–water partition coefficient (Wildman–Crippen LogP) is -0.549. The summed E-state index contributed by atoms with van der Waals surface area (Å²) in [6.45, 7) is 0. The maximum Gasteiger partial charge on any atom is 0.374 e. The molecular weight excluding hydrogens is 202 g/mol. The van der Waals surface area contributed by atoms with E-state index in [0.29, 0.717) is 5.52 Å². The number of hydrogen-bond donors (Lipinski definition) is 2. The summed E-state index contributed by atoms with van der Waals surface area (Å²) < 4.78 is 0.948. The molecule has 2 aromatic rings. The van der Waals surface area contributed by atoms with Gasteiger partial charge < -0.3 is 10.8 Å². The monoisotopic (exact) mass is 207 g/mol. The molecule has 0 saturated heterocycles. The number of carbonyl (C=O) groups excluding carboxylic acids is 1. The molecule has 2 heterocycles. The molecule has 3 N–H and O–H groups in total. The van der Waals surface area contributed by atoms with Crippen LogP contribution in [-0.4, -0.2) is 36.6 Å². The molecule has 0 radical (unpaired) electrons. The lowest BCUT2D eigenvalue weighted by atomic mass is 10.5. The fraction of sp³-hybridized carbons (Fsp3) is 0. The first-order valence-electron chi connectivity index (χ1n) is 3.83. The molecule has 0 spiro atoms. The highest BCUT2D eigenvalue weighted by Gasteiger charge is 2.13. The third-order valence-electron chi connectivity index (χ3n) is 1.72. The highest BCUT2D eigenvalue weighted by Crippen LogP contribution is 2.08. The number of nitrogens with zero attached hydrogens (tertiary/aromatic N) is 4. The summed E-state index contributed by atoms with van der Waals surface area (Å²) in [6.07, 6.45) is 2.37. The Kier molecular flexibility index (Phi) is 1.82. The Labute approximate surface area is 82.4 Å². The molecule has 0 fully saturated rings. The summed E-state index contributed by atoms with van der Waals surface area (Å²) in [6, 6.07) is -0.785. The standard InChI is InChI=1S/C7H5N5O3/c8-7(15)12-2-10-3-1-9-4(6(13)14)11-5(3)12/h1-2H,(H2,8,15)(H,13,14). The zero-order chi connectivity index (χ0) is 11.0. The molecule has 76 valence electrons. The maximum atomic E-state index is 10.9. The smallest absolute Gasteiger partial charge is 0.374 e. The van der Waals surface area contributed by atoms with Crippen LogP contribution in [-0.2, 0) is 0 Å². The van der Waals surface area contributed by atoms with E-state index in [1.54, 1.807) is 0 Å². The Morgan fingerprint density at radius 1 is 1.40 bits per heavy atom. The molecule has 8 heteroatoms. The first-order valence-corrected chi connectivity index (χ1v) is 3.83. The van der Waals surface area contributed by atoms with Crippen molar-refractivity contribution in [3.8, 4) is 0 Å². The van der Waals surface area contributed by atoms with Crippen LogP contribution in [0.25, 0.3) is 11.2 Å². The van der Waals surface area contributed by atoms with E-state index in [-0.39, 0.29) is 5.65 Å². The van der Waals surface area contributed by atoms with Crippen molar-refractivity contribution in [1.29, 1.82) is 0 Å². The maximum absolute atomic E-state index is 10.9. The van der Waals surface area contributed by atoms with E-state index in [4.69, 9.17) is 10.8 Å². The average molecular weight is 207 g/mol. The Balaban J connectivity index is 2.72. The van der Waals surface area contributed by atoms with Gasteiger partial charge in [-0.15, -0.1) is 0 Å². The van der Waals surface area contributed by atoms with Crippen LogP contribution in [0.4, 0.5) is 4.79 Å². The number of rotatable bonds is 1. The minimum atomic E-state index is -1.28. The Morgan fingerprint density at radius 3 is 2.73 bits per heavy atom. The van der Waals surface area contributed by atoms with Gasteiger partial charge in [0.25, 0.3) is 0 Å². The zero-order valence-corrected chi connectivity index (χ0v) is 7.28. The molecule has 8 nitrogen and oxygen atoms in total. The number of nitrogens with two attached hydrogens (primary N) is 1. The molecule has 0 aliphatic carbocycles. The topological polar surface area (TPSA) is 124 Å². The molecule has 15 heavy (non-hydrogen) atoms. The molecule has 0 bridgehead atoms. The number of imidazole rings is 1. The van der Waals surface area contributed by atoms with E-state index in [2.05, 4.69) is 15.0 Å². The number of primary amides is 1. The number of carbonyl (C=O) groups is 2. The second-order valence-electron chi connectivity index (χ2n) is 2.66. The predicted molar refractivity (Wildman–Crippen MR) is 47.3 cm³/mol. The first kappa shape index (κ1) is 9.06. The third kappa shape index (κ3) is 1.37. The largest absolute Gasteiger partial charge is 0.475 e. The number of hydrogen-bond acceptors (Lipinski definition) is 5. The van der Waals surface area contributed by atoms with Gasteiger partial charge in [-0.05, 0) is 0 Å². The highest BCUT2D eigenvalue weighted by molar-refractivity contribution is 5.89. The second-order valence-corrected chi connectivity index (χ2v) is 2.66. The number of fused-ring (bicyclic) bond motifs is 1. The first-order chi connectivity index (χ1) is 7.09. The van der Waals surface area contributed by atoms with Crippen molar-refractivity contribution >= 4 is 23.2 Å². The minimum Gasteiger partial charge on any atom is -0.475 e. The lowest BCUT2D eigenvalue weighted by molar-refractivity contribution is 0.0684. The van der Waals surface area contributed by atoms with Gasteiger partial charge in [0.15, 0.2) is 5.65 Å². The average Bonchev–Trinajstić information content (AvgIpc) is 2.59. The van der Waals surface area contributed by atoms with Crippen molar-refractivity contribution in [2.45, 2.75) is 0 Å². The molecule has 0 aliphatic heterocycles. The molecule has 0 atom stereocenters. The van der Waals surface area contributed by atoms with Crippen LogP contribution < -0.4 is 5.73 Å². The van der Waals surface area contributed by atoms with E-state index >= 15 is 0 Å². The number of carboxylic acids is 1. The van der Waals surface area contributed by atoms with Gasteiger partial charge >= 0.3 is 12.0 Å². The van der Waals surface area contributed by atoms with Crippen LogP contribution in [0.3, 0.4) is 0 Å². The zero-order valence-electron chi connectivity index (χ0n) is 7.28. The van der Waals surface area contributed by atoms with Gasteiger partial charge in [0.2, 0.25) is 5.82 Å². The molecule has 0 saturated carbocycles. The normalized spacial score (nSPS) is 10.4. The van der Waals surface area contributed by atoms with Gasteiger partial charge in [-0.2, -0.15) is 0 Å². The van der Waals surface area contributed by atoms with E-state index in [0.717, 1.165) is 10.9 Å². The van der Waals surface area contributed by atoms with Gasteiger partial charge in [-0.1, -0.05) is 0 Å².